The molecule has 2 amide bonds. The molecule has 8 rings (SSSR count). The molecule has 2 aliphatic heterocycles. The molecule has 0 bridgehead atoms. The number of halogens is 2. The van der Waals surface area contributed by atoms with Gasteiger partial charge in [0.15, 0.2) is 0 Å². The Morgan fingerprint density at radius 3 is 1.48 bits per heavy atom. The van der Waals surface area contributed by atoms with Crippen LogP contribution < -0.4 is 0 Å². The molecule has 0 spiro atoms. The number of alkyl halides is 2. The van der Waals surface area contributed by atoms with E-state index >= 15 is 8.78 Å². The van der Waals surface area contributed by atoms with E-state index in [0.717, 1.165) is 33.7 Å². The smallest absolute Gasteiger partial charge is 0.245 e. The van der Waals surface area contributed by atoms with Crippen LogP contribution in [0.3, 0.4) is 0 Å². The topological polar surface area (TPSA) is 104 Å². The molecule has 0 radical (unpaired) electrons. The summed E-state index contributed by atoms with van der Waals surface area (Å²) in [7, 11) is 0. The normalized spacial score (nSPS) is 22.0. The van der Waals surface area contributed by atoms with Gasteiger partial charge in [-0.15, -0.1) is 0 Å². The number of carbonyl (C=O) groups excluding carboxylic acids is 2. The highest BCUT2D eigenvalue weighted by atomic mass is 19.1. The van der Waals surface area contributed by atoms with Crippen LogP contribution in [0, 0.1) is 0 Å². The molecule has 1 aliphatic carbocycles. The van der Waals surface area contributed by atoms with Gasteiger partial charge in [0, 0.05) is 25.2 Å². The molecule has 5 aromatic rings. The second kappa shape index (κ2) is 18.7. The van der Waals surface area contributed by atoms with Crippen molar-refractivity contribution < 1.29 is 18.4 Å². The summed E-state index contributed by atoms with van der Waals surface area (Å²) in [6.07, 6.45) is 8.33. The minimum Gasteiger partial charge on any atom is -0.343 e. The van der Waals surface area contributed by atoms with Crippen LogP contribution in [0.4, 0.5) is 8.78 Å². The van der Waals surface area contributed by atoms with Crippen molar-refractivity contribution in [2.45, 2.75) is 88.9 Å². The number of nitrogens with zero attached hydrogens (tertiary/aromatic N) is 6. The first-order chi connectivity index (χ1) is 30.2. The van der Waals surface area contributed by atoms with E-state index in [4.69, 9.17) is 9.97 Å². The third-order valence-electron chi connectivity index (χ3n) is 13.2. The fourth-order valence-electron chi connectivity index (χ4n) is 9.85. The van der Waals surface area contributed by atoms with Crippen LogP contribution in [0.15, 0.2) is 122 Å². The van der Waals surface area contributed by atoms with Crippen LogP contribution in [-0.4, -0.2) is 103 Å². The first kappa shape index (κ1) is 42.9. The Morgan fingerprint density at radius 1 is 0.677 bits per heavy atom. The van der Waals surface area contributed by atoms with E-state index in [0.29, 0.717) is 44.2 Å². The number of benzene rings is 3. The number of H-pyrrole nitrogens is 2. The van der Waals surface area contributed by atoms with E-state index in [-0.39, 0.29) is 37.7 Å². The van der Waals surface area contributed by atoms with E-state index in [1.165, 1.54) is 0 Å². The summed E-state index contributed by atoms with van der Waals surface area (Å²) in [5.41, 5.74) is 4.54. The maximum absolute atomic E-state index is 15.6. The highest BCUT2D eigenvalue weighted by Crippen LogP contribution is 2.44. The average Bonchev–Trinajstić information content (AvgIpc) is 4.15. The molecule has 4 heterocycles. The number of likely N-dealkylation sites (N-methyl/N-ethyl adjacent to an activating group) is 2. The Bertz CT molecular complexity index is 2210. The third-order valence-corrected chi connectivity index (χ3v) is 13.2. The maximum atomic E-state index is 15.6. The number of hydrogen-bond donors (Lipinski definition) is 2. The monoisotopic (exact) mass is 840 g/mol. The van der Waals surface area contributed by atoms with E-state index in [9.17, 15) is 9.59 Å². The van der Waals surface area contributed by atoms with E-state index < -0.39 is 41.9 Å². The van der Waals surface area contributed by atoms with Crippen LogP contribution in [0.1, 0.15) is 111 Å². The summed E-state index contributed by atoms with van der Waals surface area (Å²) < 4.78 is 31.1. The lowest BCUT2D eigenvalue weighted by molar-refractivity contribution is -0.139. The van der Waals surface area contributed by atoms with Crippen molar-refractivity contribution in [3.8, 4) is 0 Å². The zero-order valence-electron chi connectivity index (χ0n) is 36.1. The third kappa shape index (κ3) is 8.30. The van der Waals surface area contributed by atoms with Gasteiger partial charge in [-0.05, 0) is 54.9 Å². The summed E-state index contributed by atoms with van der Waals surface area (Å²) in [4.78, 5) is 53.7. The van der Waals surface area contributed by atoms with Crippen LogP contribution in [-0.2, 0) is 15.0 Å². The van der Waals surface area contributed by atoms with Gasteiger partial charge in [-0.1, -0.05) is 137 Å². The maximum Gasteiger partial charge on any atom is 0.245 e. The molecule has 2 fully saturated rings. The highest BCUT2D eigenvalue weighted by Gasteiger charge is 2.46. The number of rotatable bonds is 15. The van der Waals surface area contributed by atoms with Crippen molar-refractivity contribution in [1.82, 2.24) is 39.5 Å². The van der Waals surface area contributed by atoms with Gasteiger partial charge in [-0.2, -0.15) is 0 Å². The minimum atomic E-state index is -1.21. The standard InChI is InChI=1S/C50H58F2N8O2/c1-5-57(6-2)44(36-20-14-10-15-21-36)48(61)59-32-38(51)28-40(59)46-53-30-42(55-46)50(26-24-35(25-27-50)34-18-12-9-13-19-34)43-31-54-47(56-43)41-29-39(52)33-60(41)49(62)45(58(7-3)8-4)37-22-16-11-17-23-37/h9-26,30-31,38-41,44-45H,5-8,27-29,32-33H2,1-4H3,(H,53,55)(H,54,56)/t38-,39-,40+,41+,44-,45-/m1/s1. The fraction of sp³-hybridized carbons (Fsp3) is 0.400. The Kier molecular flexibility index (Phi) is 13.0. The van der Waals surface area contributed by atoms with E-state index in [2.05, 4.69) is 50.1 Å². The SMILES string of the molecule is CCN(CC)[C@@H](C(=O)N1C[C@H](F)C[C@H]1c1ncc(C2(c3cnc([C@@H]4C[C@@H](F)CN4C(=O)[C@@H](c4ccccc4)N(CC)CC)[nH]3)C=CC(c3ccccc3)=CC2)[nH]1)c1ccccc1. The van der Waals surface area contributed by atoms with E-state index in [1.54, 1.807) is 22.2 Å². The quantitative estimate of drug-likeness (QED) is 0.109. The van der Waals surface area contributed by atoms with Gasteiger partial charge in [-0.25, -0.2) is 18.7 Å². The first-order valence-electron chi connectivity index (χ1n) is 22.2. The number of aromatic amines is 2. The van der Waals surface area contributed by atoms with Gasteiger partial charge in [0.2, 0.25) is 11.8 Å². The molecule has 3 aromatic carbocycles. The lowest BCUT2D eigenvalue weighted by Crippen LogP contribution is -2.43. The summed E-state index contributed by atoms with van der Waals surface area (Å²) in [6.45, 7) is 10.7. The fourth-order valence-corrected chi connectivity index (χ4v) is 9.85. The van der Waals surface area contributed by atoms with Crippen molar-refractivity contribution in [2.24, 2.45) is 0 Å². The summed E-state index contributed by atoms with van der Waals surface area (Å²) in [5.74, 6) is 0.727. The number of imidazole rings is 2. The molecule has 324 valence electrons. The number of nitrogens with one attached hydrogen (secondary N) is 2. The molecule has 12 heteroatoms. The summed E-state index contributed by atoms with van der Waals surface area (Å²) in [5, 5.41) is 0. The number of carbonyl (C=O) groups is 2. The lowest BCUT2D eigenvalue weighted by Gasteiger charge is -2.34. The molecular weight excluding hydrogens is 783 g/mol. The Balaban J connectivity index is 1.14. The number of likely N-dealkylation sites (tertiary alicyclic amines) is 2. The summed E-state index contributed by atoms with van der Waals surface area (Å²) >= 11 is 0. The van der Waals surface area contributed by atoms with Gasteiger partial charge in [0.25, 0.3) is 0 Å². The minimum absolute atomic E-state index is 0.0200. The molecule has 3 aliphatic rings. The van der Waals surface area contributed by atoms with Crippen LogP contribution >= 0.6 is 0 Å². The number of aromatic nitrogens is 4. The Morgan fingerprint density at radius 2 is 1.10 bits per heavy atom. The van der Waals surface area contributed by atoms with Gasteiger partial charge >= 0.3 is 0 Å². The Labute approximate surface area is 363 Å². The zero-order chi connectivity index (χ0) is 43.4. The summed E-state index contributed by atoms with van der Waals surface area (Å²) in [6, 6.07) is 27.2. The molecular formula is C50H58F2N8O2. The largest absolute Gasteiger partial charge is 0.343 e. The van der Waals surface area contributed by atoms with Crippen molar-refractivity contribution >= 4 is 17.4 Å². The molecule has 2 N–H and O–H groups in total. The van der Waals surface area contributed by atoms with Crippen LogP contribution in [0.2, 0.25) is 0 Å². The van der Waals surface area contributed by atoms with Crippen molar-refractivity contribution in [2.75, 3.05) is 39.3 Å². The molecule has 2 saturated heterocycles. The molecule has 0 unspecified atom stereocenters. The number of hydrogen-bond acceptors (Lipinski definition) is 6. The van der Waals surface area contributed by atoms with Gasteiger partial charge in [0.1, 0.15) is 36.1 Å². The van der Waals surface area contributed by atoms with E-state index in [1.807, 2.05) is 107 Å². The lowest BCUT2D eigenvalue weighted by atomic mass is 9.74. The zero-order valence-corrected chi connectivity index (χ0v) is 36.1. The van der Waals surface area contributed by atoms with Gasteiger partial charge in [0.05, 0.1) is 42.0 Å². The van der Waals surface area contributed by atoms with Crippen LogP contribution in [0.25, 0.3) is 5.57 Å². The average molecular weight is 841 g/mol. The predicted octanol–water partition coefficient (Wildman–Crippen LogP) is 8.85. The van der Waals surface area contributed by atoms with Gasteiger partial charge < -0.3 is 19.8 Å². The molecule has 0 saturated carbocycles. The second-order valence-corrected chi connectivity index (χ2v) is 16.6. The predicted molar refractivity (Wildman–Crippen MR) is 238 cm³/mol. The van der Waals surface area contributed by atoms with Crippen LogP contribution in [0.5, 0.6) is 0 Å². The highest BCUT2D eigenvalue weighted by molar-refractivity contribution is 5.85. The first-order valence-corrected chi connectivity index (χ1v) is 22.2. The molecule has 2 aromatic heterocycles. The molecule has 6 atom stereocenters. The van der Waals surface area contributed by atoms with Gasteiger partial charge in [-0.3, -0.25) is 19.4 Å². The number of amides is 2. The van der Waals surface area contributed by atoms with Crippen molar-refractivity contribution in [3.63, 3.8) is 0 Å². The van der Waals surface area contributed by atoms with Crippen molar-refractivity contribution in [1.29, 1.82) is 0 Å². The Hall–Kier alpha value is -5.72. The second-order valence-electron chi connectivity index (χ2n) is 16.6. The van der Waals surface area contributed by atoms with Crippen molar-refractivity contribution in [3.05, 3.63) is 161 Å². The molecule has 10 nitrogen and oxygen atoms in total. The number of allylic oxidation sites excluding steroid dienone is 4. The molecule has 62 heavy (non-hydrogen) atoms.